The highest BCUT2D eigenvalue weighted by atomic mass is 32.2. The Morgan fingerprint density at radius 3 is 2.60 bits per heavy atom. The highest BCUT2D eigenvalue weighted by molar-refractivity contribution is 8.00. The molecule has 30 heavy (non-hydrogen) atoms. The van der Waals surface area contributed by atoms with Gasteiger partial charge in [-0.2, -0.15) is 0 Å². The molecule has 0 bridgehead atoms. The molecule has 9 nitrogen and oxygen atoms in total. The summed E-state index contributed by atoms with van der Waals surface area (Å²) in [5, 5.41) is 2.78. The van der Waals surface area contributed by atoms with E-state index in [1.807, 2.05) is 12.1 Å². The standard InChI is InChI=1S/C20H26N4O5S/c1-2-29-20(27)24-7-5-22(6-8-24)18(26)14-3-4-16-15(13-14)21-17(25)19(30-16)23-9-11-28-12-10-23/h3-4,13,19H,2,5-12H2,1H3,(H,21,25)/p+1. The molecule has 162 valence electrons. The molecule has 1 aromatic rings. The number of piperazine rings is 1. The van der Waals surface area contributed by atoms with Crippen LogP contribution in [0.5, 0.6) is 0 Å². The van der Waals surface area contributed by atoms with E-state index < -0.39 is 0 Å². The first-order valence-corrected chi connectivity index (χ1v) is 11.2. The first-order valence-electron chi connectivity index (χ1n) is 10.3. The topological polar surface area (TPSA) is 92.6 Å². The maximum absolute atomic E-state index is 12.9. The van der Waals surface area contributed by atoms with Crippen LogP contribution < -0.4 is 10.2 Å². The van der Waals surface area contributed by atoms with Crippen LogP contribution in [0.15, 0.2) is 23.1 Å². The quantitative estimate of drug-likeness (QED) is 0.688. The van der Waals surface area contributed by atoms with Gasteiger partial charge in [0.05, 0.1) is 25.5 Å². The lowest BCUT2D eigenvalue weighted by atomic mass is 10.1. The van der Waals surface area contributed by atoms with Crippen molar-refractivity contribution >= 4 is 35.4 Å². The second-order valence-electron chi connectivity index (χ2n) is 7.45. The van der Waals surface area contributed by atoms with E-state index in [9.17, 15) is 14.4 Å². The third kappa shape index (κ3) is 4.40. The molecular formula is C20H27N4O5S+. The van der Waals surface area contributed by atoms with Gasteiger partial charge in [-0.3, -0.25) is 9.59 Å². The zero-order valence-corrected chi connectivity index (χ0v) is 17.8. The molecule has 3 aliphatic rings. The van der Waals surface area contributed by atoms with E-state index in [-0.39, 0.29) is 23.3 Å². The molecule has 2 fully saturated rings. The molecule has 0 spiro atoms. The normalized spacial score (nSPS) is 22.3. The zero-order chi connectivity index (χ0) is 21.1. The molecule has 1 unspecified atom stereocenters. The number of hydrogen-bond donors (Lipinski definition) is 2. The number of morpholine rings is 1. The summed E-state index contributed by atoms with van der Waals surface area (Å²) < 4.78 is 10.4. The number of hydrogen-bond acceptors (Lipinski definition) is 6. The Hall–Kier alpha value is -2.30. The molecule has 4 rings (SSSR count). The summed E-state index contributed by atoms with van der Waals surface area (Å²) in [5.74, 6) is -0.126. The van der Waals surface area contributed by atoms with Crippen molar-refractivity contribution in [2.75, 3.05) is 64.4 Å². The van der Waals surface area contributed by atoms with Crippen LogP contribution in [-0.4, -0.2) is 92.2 Å². The van der Waals surface area contributed by atoms with Crippen LogP contribution in [0.25, 0.3) is 0 Å². The van der Waals surface area contributed by atoms with Gasteiger partial charge in [0.1, 0.15) is 13.1 Å². The number of amides is 3. The molecule has 0 radical (unpaired) electrons. The molecule has 0 aromatic heterocycles. The number of carbonyl (C=O) groups is 3. The van der Waals surface area contributed by atoms with E-state index in [2.05, 4.69) is 5.32 Å². The Kier molecular flexibility index (Phi) is 6.45. The van der Waals surface area contributed by atoms with Gasteiger partial charge >= 0.3 is 6.09 Å². The highest BCUT2D eigenvalue weighted by Crippen LogP contribution is 2.34. The monoisotopic (exact) mass is 435 g/mol. The average molecular weight is 436 g/mol. The van der Waals surface area contributed by atoms with E-state index in [4.69, 9.17) is 9.47 Å². The second kappa shape index (κ2) is 9.23. The van der Waals surface area contributed by atoms with E-state index in [0.717, 1.165) is 18.0 Å². The van der Waals surface area contributed by atoms with Crippen molar-refractivity contribution in [1.29, 1.82) is 0 Å². The minimum atomic E-state index is -0.338. The zero-order valence-electron chi connectivity index (χ0n) is 17.0. The van der Waals surface area contributed by atoms with Crippen molar-refractivity contribution in [2.24, 2.45) is 0 Å². The third-order valence-corrected chi connectivity index (χ3v) is 6.96. The minimum absolute atomic E-state index is 0.0305. The first-order chi connectivity index (χ1) is 14.6. The van der Waals surface area contributed by atoms with Crippen LogP contribution in [0.1, 0.15) is 17.3 Å². The molecule has 1 aromatic carbocycles. The van der Waals surface area contributed by atoms with E-state index in [1.54, 1.807) is 34.6 Å². The predicted octanol–water partition coefficient (Wildman–Crippen LogP) is -0.114. The number of ether oxygens (including phenoxy) is 2. The van der Waals surface area contributed by atoms with E-state index in [0.29, 0.717) is 57.3 Å². The Morgan fingerprint density at radius 1 is 1.20 bits per heavy atom. The van der Waals surface area contributed by atoms with Crippen LogP contribution in [-0.2, 0) is 14.3 Å². The predicted molar refractivity (Wildman–Crippen MR) is 111 cm³/mol. The lowest BCUT2D eigenvalue weighted by molar-refractivity contribution is -0.909. The third-order valence-electron chi connectivity index (χ3n) is 5.57. The van der Waals surface area contributed by atoms with Crippen molar-refractivity contribution in [3.05, 3.63) is 23.8 Å². The summed E-state index contributed by atoms with van der Waals surface area (Å²) in [6.45, 7) is 6.89. The fourth-order valence-electron chi connectivity index (χ4n) is 3.90. The summed E-state index contributed by atoms with van der Waals surface area (Å²) >= 11 is 1.55. The maximum Gasteiger partial charge on any atom is 0.409 e. The maximum atomic E-state index is 12.9. The number of fused-ring (bicyclic) bond motifs is 1. The SMILES string of the molecule is CCOC(=O)N1CCN(C(=O)c2ccc3c(c2)NC(=O)C([NH+]2CCOCC2)S3)CC1. The number of benzene rings is 1. The van der Waals surface area contributed by atoms with Crippen molar-refractivity contribution in [3.8, 4) is 0 Å². The number of thioether (sulfide) groups is 1. The molecule has 2 N–H and O–H groups in total. The Bertz CT molecular complexity index is 821. The Labute approximate surface area is 179 Å². The van der Waals surface area contributed by atoms with Crippen LogP contribution in [0, 0.1) is 0 Å². The second-order valence-corrected chi connectivity index (χ2v) is 8.59. The molecule has 3 aliphatic heterocycles. The largest absolute Gasteiger partial charge is 0.450 e. The van der Waals surface area contributed by atoms with E-state index >= 15 is 0 Å². The van der Waals surface area contributed by atoms with Gasteiger partial charge in [-0.05, 0) is 25.1 Å². The van der Waals surface area contributed by atoms with Crippen molar-refractivity contribution in [3.63, 3.8) is 0 Å². The summed E-state index contributed by atoms with van der Waals surface area (Å²) in [6.07, 6.45) is -0.338. The number of rotatable bonds is 3. The lowest BCUT2D eigenvalue weighted by Gasteiger charge is -2.34. The summed E-state index contributed by atoms with van der Waals surface area (Å²) in [4.78, 5) is 43.0. The molecule has 1 atom stereocenters. The number of quaternary nitrogens is 1. The van der Waals surface area contributed by atoms with Crippen molar-refractivity contribution in [2.45, 2.75) is 17.2 Å². The molecule has 0 saturated carbocycles. The van der Waals surface area contributed by atoms with Crippen LogP contribution >= 0.6 is 11.8 Å². The lowest BCUT2D eigenvalue weighted by Crippen LogP contribution is -3.18. The van der Waals surface area contributed by atoms with Gasteiger partial charge in [-0.1, -0.05) is 11.8 Å². The molecular weight excluding hydrogens is 408 g/mol. The van der Waals surface area contributed by atoms with Gasteiger partial charge in [0.2, 0.25) is 5.37 Å². The van der Waals surface area contributed by atoms with Gasteiger partial charge in [0.25, 0.3) is 11.8 Å². The smallest absolute Gasteiger partial charge is 0.409 e. The number of nitrogens with zero attached hydrogens (tertiary/aromatic N) is 2. The number of carbonyl (C=O) groups excluding carboxylic acids is 3. The molecule has 10 heteroatoms. The fraction of sp³-hybridized carbons (Fsp3) is 0.550. The molecule has 3 heterocycles. The van der Waals surface area contributed by atoms with E-state index in [1.165, 1.54) is 4.90 Å². The van der Waals surface area contributed by atoms with Gasteiger partial charge in [0.15, 0.2) is 0 Å². The summed E-state index contributed by atoms with van der Waals surface area (Å²) in [7, 11) is 0. The number of anilines is 1. The Balaban J connectivity index is 1.40. The van der Waals surface area contributed by atoms with Gasteiger partial charge in [-0.25, -0.2) is 4.79 Å². The van der Waals surface area contributed by atoms with Crippen molar-refractivity contribution in [1.82, 2.24) is 9.80 Å². The summed E-state index contributed by atoms with van der Waals surface area (Å²) in [5.41, 5.74) is 1.22. The molecule has 3 amide bonds. The average Bonchev–Trinajstić information content (AvgIpc) is 2.78. The van der Waals surface area contributed by atoms with Crippen LogP contribution in [0.4, 0.5) is 10.5 Å². The molecule has 2 saturated heterocycles. The molecule has 0 aliphatic carbocycles. The van der Waals surface area contributed by atoms with Crippen molar-refractivity contribution < 1.29 is 28.8 Å². The van der Waals surface area contributed by atoms with Gasteiger partial charge in [-0.15, -0.1) is 0 Å². The minimum Gasteiger partial charge on any atom is -0.450 e. The first kappa shape index (κ1) is 21.0. The fourth-order valence-corrected chi connectivity index (χ4v) is 5.10. The number of nitrogens with one attached hydrogen (secondary N) is 2. The Morgan fingerprint density at radius 2 is 1.90 bits per heavy atom. The van der Waals surface area contributed by atoms with Crippen LogP contribution in [0.3, 0.4) is 0 Å². The van der Waals surface area contributed by atoms with Crippen LogP contribution in [0.2, 0.25) is 0 Å². The van der Waals surface area contributed by atoms with Gasteiger partial charge < -0.3 is 29.5 Å². The highest BCUT2D eigenvalue weighted by Gasteiger charge is 2.37. The summed E-state index contributed by atoms with van der Waals surface area (Å²) in [6, 6.07) is 5.48. The van der Waals surface area contributed by atoms with Gasteiger partial charge in [0, 0.05) is 36.6 Å².